The van der Waals surface area contributed by atoms with E-state index in [0.29, 0.717) is 17.9 Å². The maximum Gasteiger partial charge on any atom is 0.267 e. The lowest BCUT2D eigenvalue weighted by atomic mass is 10.2. The van der Waals surface area contributed by atoms with E-state index in [0.717, 1.165) is 9.13 Å². The second kappa shape index (κ2) is 7.04. The Morgan fingerprint density at radius 2 is 1.96 bits per heavy atom. The van der Waals surface area contributed by atoms with Crippen molar-refractivity contribution in [2.24, 2.45) is 0 Å². The Bertz CT molecular complexity index is 737. The van der Waals surface area contributed by atoms with E-state index in [2.05, 4.69) is 22.6 Å². The summed E-state index contributed by atoms with van der Waals surface area (Å²) in [6.45, 7) is 0.0197. The van der Waals surface area contributed by atoms with Crippen LogP contribution in [0.15, 0.2) is 48.5 Å². The minimum Gasteiger partial charge on any atom is -0.488 e. The highest BCUT2D eigenvalue weighted by atomic mass is 127. The van der Waals surface area contributed by atoms with E-state index in [1.54, 1.807) is 18.2 Å². The molecule has 24 heavy (non-hydrogen) atoms. The van der Waals surface area contributed by atoms with Gasteiger partial charge in [-0.3, -0.25) is 4.79 Å². The van der Waals surface area contributed by atoms with Crippen molar-refractivity contribution in [3.63, 3.8) is 0 Å². The number of ether oxygens (including phenoxy) is 1. The molecule has 1 heterocycles. The molecule has 1 aliphatic heterocycles. The van der Waals surface area contributed by atoms with Crippen molar-refractivity contribution in [3.8, 4) is 5.75 Å². The van der Waals surface area contributed by atoms with Gasteiger partial charge in [0.25, 0.3) is 11.8 Å². The molecule has 2 aromatic carbocycles. The summed E-state index contributed by atoms with van der Waals surface area (Å²) in [6, 6.07) is 14.8. The number of carbonyl (C=O) groups is 1. The van der Waals surface area contributed by atoms with Gasteiger partial charge in [-0.15, -0.1) is 0 Å². The van der Waals surface area contributed by atoms with Crippen molar-refractivity contribution >= 4 is 28.5 Å². The van der Waals surface area contributed by atoms with E-state index in [-0.39, 0.29) is 18.9 Å². The van der Waals surface area contributed by atoms with Crippen LogP contribution in [0.4, 0.5) is 8.78 Å². The molecule has 0 N–H and O–H groups in total. The number of carbonyl (C=O) groups excluding carboxylic acids is 1. The van der Waals surface area contributed by atoms with Gasteiger partial charge in [0.15, 0.2) is 0 Å². The lowest BCUT2D eigenvalue weighted by Gasteiger charge is -2.17. The molecule has 3 nitrogen and oxygen atoms in total. The number of alkyl halides is 2. The zero-order valence-electron chi connectivity index (χ0n) is 12.8. The first kappa shape index (κ1) is 17.1. The Morgan fingerprint density at radius 1 is 1.21 bits per heavy atom. The van der Waals surface area contributed by atoms with Crippen LogP contribution < -0.4 is 4.74 Å². The first-order chi connectivity index (χ1) is 11.4. The summed E-state index contributed by atoms with van der Waals surface area (Å²) in [4.78, 5) is 13.5. The maximum atomic E-state index is 13.3. The highest BCUT2D eigenvalue weighted by molar-refractivity contribution is 14.1. The molecule has 2 aromatic rings. The molecule has 1 amide bonds. The van der Waals surface area contributed by atoms with E-state index < -0.39 is 12.5 Å². The molecule has 0 aliphatic carbocycles. The number of nitrogens with zero attached hydrogens (tertiary/aromatic N) is 1. The summed E-state index contributed by atoms with van der Waals surface area (Å²) >= 11 is 2.09. The average molecular weight is 443 g/mol. The third-order valence-electron chi connectivity index (χ3n) is 3.87. The summed E-state index contributed by atoms with van der Waals surface area (Å²) in [6.07, 6.45) is -0.270. The zero-order valence-corrected chi connectivity index (χ0v) is 15.0. The number of likely N-dealkylation sites (tertiary alicyclic amines) is 1. The average Bonchev–Trinajstić information content (AvgIpc) is 2.94. The highest BCUT2D eigenvalue weighted by Gasteiger charge is 2.40. The van der Waals surface area contributed by atoms with Gasteiger partial charge in [-0.2, -0.15) is 0 Å². The molecule has 6 heteroatoms. The molecule has 126 valence electrons. The van der Waals surface area contributed by atoms with Gasteiger partial charge in [0, 0.05) is 18.5 Å². The van der Waals surface area contributed by atoms with Gasteiger partial charge in [-0.05, 0) is 46.4 Å². The molecule has 1 fully saturated rings. The van der Waals surface area contributed by atoms with Gasteiger partial charge in [0.1, 0.15) is 12.4 Å². The summed E-state index contributed by atoms with van der Waals surface area (Å²) in [5.74, 6) is -2.47. The van der Waals surface area contributed by atoms with Crippen molar-refractivity contribution in [2.45, 2.75) is 19.0 Å². The molecule has 0 saturated carbocycles. The molecule has 0 radical (unpaired) electrons. The molecule has 3 rings (SSSR count). The van der Waals surface area contributed by atoms with Gasteiger partial charge < -0.3 is 9.64 Å². The summed E-state index contributed by atoms with van der Waals surface area (Å²) in [5.41, 5.74) is 1.46. The molecule has 1 aliphatic rings. The maximum absolute atomic E-state index is 13.3. The quantitative estimate of drug-likeness (QED) is 0.658. The Morgan fingerprint density at radius 3 is 2.58 bits per heavy atom. The van der Waals surface area contributed by atoms with Crippen LogP contribution in [0.2, 0.25) is 0 Å². The van der Waals surface area contributed by atoms with Crippen molar-refractivity contribution < 1.29 is 18.3 Å². The van der Waals surface area contributed by atoms with Crippen LogP contribution >= 0.6 is 22.6 Å². The van der Waals surface area contributed by atoms with E-state index in [9.17, 15) is 13.6 Å². The van der Waals surface area contributed by atoms with Crippen LogP contribution in [0.25, 0.3) is 0 Å². The fraction of sp³-hybridized carbons (Fsp3) is 0.278. The highest BCUT2D eigenvalue weighted by Crippen LogP contribution is 2.29. The van der Waals surface area contributed by atoms with Crippen molar-refractivity contribution in [3.05, 3.63) is 63.2 Å². The van der Waals surface area contributed by atoms with Gasteiger partial charge in [0.2, 0.25) is 0 Å². The van der Waals surface area contributed by atoms with Crippen LogP contribution in [-0.4, -0.2) is 29.8 Å². The minimum atomic E-state index is -2.78. The second-order valence-electron chi connectivity index (χ2n) is 5.75. The Hall–Kier alpha value is -1.70. The predicted octanol–water partition coefficient (Wildman–Crippen LogP) is 4.35. The van der Waals surface area contributed by atoms with Crippen LogP contribution in [0.5, 0.6) is 5.75 Å². The molecule has 1 saturated heterocycles. The number of rotatable bonds is 4. The monoisotopic (exact) mass is 443 g/mol. The van der Waals surface area contributed by atoms with Crippen LogP contribution in [0.3, 0.4) is 0 Å². The van der Waals surface area contributed by atoms with E-state index in [1.807, 2.05) is 30.3 Å². The standard InChI is InChI=1S/C18H16F2INO2/c19-18(20)8-9-22(12-18)17(23)14-6-7-16(15(21)10-14)24-11-13-4-2-1-3-5-13/h1-7,10H,8-9,11-12H2. The Balaban J connectivity index is 1.67. The number of hydrogen-bond acceptors (Lipinski definition) is 2. The molecular weight excluding hydrogens is 427 g/mol. The van der Waals surface area contributed by atoms with Crippen molar-refractivity contribution in [1.82, 2.24) is 4.90 Å². The molecule has 0 aromatic heterocycles. The predicted molar refractivity (Wildman–Crippen MR) is 95.4 cm³/mol. The molecule has 0 unspecified atom stereocenters. The van der Waals surface area contributed by atoms with Gasteiger partial charge in [0.05, 0.1) is 10.1 Å². The molecule has 0 bridgehead atoms. The summed E-state index contributed by atoms with van der Waals surface area (Å²) in [5, 5.41) is 0. The fourth-order valence-corrected chi connectivity index (χ4v) is 3.25. The lowest BCUT2D eigenvalue weighted by molar-refractivity contribution is 0.0120. The molecule has 0 atom stereocenters. The number of hydrogen-bond donors (Lipinski definition) is 0. The van der Waals surface area contributed by atoms with E-state index in [4.69, 9.17) is 4.74 Å². The largest absolute Gasteiger partial charge is 0.488 e. The third kappa shape index (κ3) is 4.03. The fourth-order valence-electron chi connectivity index (χ4n) is 2.58. The van der Waals surface area contributed by atoms with Crippen molar-refractivity contribution in [1.29, 1.82) is 0 Å². The van der Waals surface area contributed by atoms with Crippen LogP contribution in [0.1, 0.15) is 22.3 Å². The Labute approximate surface area is 152 Å². The topological polar surface area (TPSA) is 29.5 Å². The van der Waals surface area contributed by atoms with Gasteiger partial charge >= 0.3 is 0 Å². The second-order valence-corrected chi connectivity index (χ2v) is 6.91. The van der Waals surface area contributed by atoms with Gasteiger partial charge in [-0.1, -0.05) is 30.3 Å². The van der Waals surface area contributed by atoms with E-state index in [1.165, 1.54) is 4.90 Å². The van der Waals surface area contributed by atoms with Gasteiger partial charge in [-0.25, -0.2) is 8.78 Å². The third-order valence-corrected chi connectivity index (χ3v) is 4.72. The zero-order chi connectivity index (χ0) is 17.2. The molecular formula is C18H16F2INO2. The summed E-state index contributed by atoms with van der Waals surface area (Å²) in [7, 11) is 0. The lowest BCUT2D eigenvalue weighted by Crippen LogP contribution is -2.31. The van der Waals surface area contributed by atoms with Crippen molar-refractivity contribution in [2.75, 3.05) is 13.1 Å². The SMILES string of the molecule is O=C(c1ccc(OCc2ccccc2)c(I)c1)N1CCC(F)(F)C1. The van der Waals surface area contributed by atoms with Crippen LogP contribution in [0, 0.1) is 3.57 Å². The Kier molecular flexibility index (Phi) is 5.03. The number of halogens is 3. The molecule has 0 spiro atoms. The number of amides is 1. The van der Waals surface area contributed by atoms with E-state index >= 15 is 0 Å². The normalized spacial score (nSPS) is 16.2. The first-order valence-electron chi connectivity index (χ1n) is 7.58. The minimum absolute atomic E-state index is 0.0919. The summed E-state index contributed by atoms with van der Waals surface area (Å²) < 4.78 is 33.1. The van der Waals surface area contributed by atoms with Crippen LogP contribution in [-0.2, 0) is 6.61 Å². The number of benzene rings is 2. The smallest absolute Gasteiger partial charge is 0.267 e. The first-order valence-corrected chi connectivity index (χ1v) is 8.66.